The maximum absolute atomic E-state index is 11.1. The number of para-hydroxylation sites is 1. The molecular formula is C20H24ClNO3. The fourth-order valence-electron chi connectivity index (χ4n) is 3.44. The number of ether oxygens (including phenoxy) is 1. The highest BCUT2D eigenvalue weighted by Crippen LogP contribution is 2.38. The van der Waals surface area contributed by atoms with Gasteiger partial charge < -0.3 is 19.8 Å². The molecule has 0 spiro atoms. The summed E-state index contributed by atoms with van der Waals surface area (Å²) in [7, 11) is 1.62. The molecule has 3 rings (SSSR count). The number of piperidine rings is 1. The van der Waals surface area contributed by atoms with E-state index in [1.807, 2.05) is 36.4 Å². The predicted molar refractivity (Wildman–Crippen MR) is 99.0 cm³/mol. The number of hydrogen-bond donors (Lipinski definition) is 2. The van der Waals surface area contributed by atoms with E-state index >= 15 is 0 Å². The Morgan fingerprint density at radius 2 is 1.76 bits per heavy atom. The third kappa shape index (κ3) is 4.15. The van der Waals surface area contributed by atoms with Crippen LogP contribution in [0.3, 0.4) is 0 Å². The molecule has 1 aliphatic heterocycles. The Morgan fingerprint density at radius 3 is 2.40 bits per heavy atom. The molecule has 5 heteroatoms. The second-order valence-corrected chi connectivity index (χ2v) is 7.04. The molecule has 134 valence electrons. The van der Waals surface area contributed by atoms with Crippen LogP contribution in [0, 0.1) is 0 Å². The first kappa shape index (κ1) is 18.2. The van der Waals surface area contributed by atoms with Crippen LogP contribution in [-0.2, 0) is 5.60 Å². The van der Waals surface area contributed by atoms with Crippen molar-refractivity contribution in [3.8, 4) is 5.75 Å². The smallest absolute Gasteiger partial charge is 0.124 e. The van der Waals surface area contributed by atoms with Crippen LogP contribution in [0.25, 0.3) is 0 Å². The maximum atomic E-state index is 11.1. The molecule has 1 heterocycles. The lowest BCUT2D eigenvalue weighted by molar-refractivity contribution is -0.0358. The molecule has 4 nitrogen and oxygen atoms in total. The topological polar surface area (TPSA) is 52.9 Å². The van der Waals surface area contributed by atoms with Crippen LogP contribution >= 0.6 is 11.6 Å². The molecule has 0 amide bonds. The number of benzene rings is 2. The van der Waals surface area contributed by atoms with Crippen molar-refractivity contribution in [2.24, 2.45) is 0 Å². The zero-order valence-electron chi connectivity index (χ0n) is 14.4. The van der Waals surface area contributed by atoms with Crippen molar-refractivity contribution in [1.29, 1.82) is 0 Å². The normalized spacial score (nSPS) is 18.7. The van der Waals surface area contributed by atoms with Gasteiger partial charge in [-0.05, 0) is 36.6 Å². The minimum Gasteiger partial charge on any atom is -0.496 e. The predicted octanol–water partition coefficient (Wildman–Crippen LogP) is 3.37. The summed E-state index contributed by atoms with van der Waals surface area (Å²) < 4.78 is 5.40. The van der Waals surface area contributed by atoms with Gasteiger partial charge in [-0.3, -0.25) is 0 Å². The molecule has 1 atom stereocenters. The standard InChI is InChI=1S/C20H24ClNO3/c1-25-19-5-3-2-4-17(19)20(24)10-12-22(13-11-20)14-18(23)15-6-8-16(21)9-7-15/h2-9,18,23-24H,10-14H2,1H3. The summed E-state index contributed by atoms with van der Waals surface area (Å²) >= 11 is 5.89. The van der Waals surface area contributed by atoms with Crippen LogP contribution in [0.5, 0.6) is 5.75 Å². The molecule has 2 N–H and O–H groups in total. The van der Waals surface area contributed by atoms with Crippen LogP contribution < -0.4 is 4.74 Å². The first-order valence-electron chi connectivity index (χ1n) is 8.53. The molecule has 2 aromatic carbocycles. The van der Waals surface area contributed by atoms with Crippen LogP contribution in [0.4, 0.5) is 0 Å². The highest BCUT2D eigenvalue weighted by atomic mass is 35.5. The van der Waals surface area contributed by atoms with Crippen molar-refractivity contribution in [1.82, 2.24) is 4.90 Å². The van der Waals surface area contributed by atoms with Crippen molar-refractivity contribution in [2.75, 3.05) is 26.7 Å². The number of aliphatic hydroxyl groups excluding tert-OH is 1. The molecule has 1 saturated heterocycles. The summed E-state index contributed by atoms with van der Waals surface area (Å²) in [5.41, 5.74) is 0.819. The molecule has 0 bridgehead atoms. The summed E-state index contributed by atoms with van der Waals surface area (Å²) in [6.45, 7) is 1.99. The molecule has 0 aromatic heterocycles. The Kier molecular flexibility index (Phi) is 5.64. The maximum Gasteiger partial charge on any atom is 0.124 e. The van der Waals surface area contributed by atoms with Gasteiger partial charge >= 0.3 is 0 Å². The highest BCUT2D eigenvalue weighted by molar-refractivity contribution is 6.30. The molecule has 25 heavy (non-hydrogen) atoms. The van der Waals surface area contributed by atoms with Crippen molar-refractivity contribution >= 4 is 11.6 Å². The van der Waals surface area contributed by atoms with Crippen molar-refractivity contribution < 1.29 is 14.9 Å². The average Bonchev–Trinajstić information content (AvgIpc) is 2.64. The van der Waals surface area contributed by atoms with E-state index in [0.29, 0.717) is 24.4 Å². The molecule has 1 aliphatic rings. The van der Waals surface area contributed by atoms with Crippen LogP contribution in [-0.4, -0.2) is 41.9 Å². The Bertz CT molecular complexity index is 696. The number of β-amino-alcohol motifs (C(OH)–C–C–N with tert-alkyl or cyclic N) is 1. The Balaban J connectivity index is 1.62. The van der Waals surface area contributed by atoms with Gasteiger partial charge in [0.25, 0.3) is 0 Å². The summed E-state index contributed by atoms with van der Waals surface area (Å²) in [5, 5.41) is 22.2. The van der Waals surface area contributed by atoms with E-state index in [2.05, 4.69) is 4.90 Å². The van der Waals surface area contributed by atoms with Crippen LogP contribution in [0.1, 0.15) is 30.1 Å². The largest absolute Gasteiger partial charge is 0.496 e. The minimum absolute atomic E-state index is 0.545. The zero-order chi connectivity index (χ0) is 17.9. The van der Waals surface area contributed by atoms with Gasteiger partial charge in [0.15, 0.2) is 0 Å². The molecule has 0 radical (unpaired) electrons. The first-order chi connectivity index (χ1) is 12.0. The summed E-state index contributed by atoms with van der Waals surface area (Å²) in [5.74, 6) is 0.722. The van der Waals surface area contributed by atoms with E-state index in [-0.39, 0.29) is 0 Å². The van der Waals surface area contributed by atoms with Crippen LogP contribution in [0.15, 0.2) is 48.5 Å². The van der Waals surface area contributed by atoms with E-state index in [0.717, 1.165) is 30.0 Å². The Morgan fingerprint density at radius 1 is 1.12 bits per heavy atom. The number of rotatable bonds is 5. The van der Waals surface area contributed by atoms with E-state index < -0.39 is 11.7 Å². The number of aliphatic hydroxyl groups is 2. The molecule has 1 fully saturated rings. The van der Waals surface area contributed by atoms with Gasteiger partial charge in [-0.2, -0.15) is 0 Å². The minimum atomic E-state index is -0.881. The van der Waals surface area contributed by atoms with Gasteiger partial charge in [0.1, 0.15) is 5.75 Å². The van der Waals surface area contributed by atoms with Crippen molar-refractivity contribution in [2.45, 2.75) is 24.5 Å². The van der Waals surface area contributed by atoms with Gasteiger partial charge in [-0.1, -0.05) is 41.9 Å². The van der Waals surface area contributed by atoms with Gasteiger partial charge in [0, 0.05) is 30.2 Å². The van der Waals surface area contributed by atoms with Crippen molar-refractivity contribution in [3.05, 3.63) is 64.7 Å². The van der Waals surface area contributed by atoms with Gasteiger partial charge in [0.05, 0.1) is 18.8 Å². The number of hydrogen-bond acceptors (Lipinski definition) is 4. The SMILES string of the molecule is COc1ccccc1C1(O)CCN(CC(O)c2ccc(Cl)cc2)CC1. The number of nitrogens with zero attached hydrogens (tertiary/aromatic N) is 1. The van der Waals surface area contributed by atoms with Gasteiger partial charge in [-0.15, -0.1) is 0 Å². The monoisotopic (exact) mass is 361 g/mol. The summed E-state index contributed by atoms with van der Waals surface area (Å²) in [6, 6.07) is 14.9. The number of methoxy groups -OCH3 is 1. The molecule has 0 aliphatic carbocycles. The lowest BCUT2D eigenvalue weighted by Gasteiger charge is -2.39. The Hall–Kier alpha value is -1.59. The van der Waals surface area contributed by atoms with Gasteiger partial charge in [0.2, 0.25) is 0 Å². The fourth-order valence-corrected chi connectivity index (χ4v) is 3.56. The average molecular weight is 362 g/mol. The number of likely N-dealkylation sites (tertiary alicyclic amines) is 1. The lowest BCUT2D eigenvalue weighted by atomic mass is 9.83. The summed E-state index contributed by atoms with van der Waals surface area (Å²) in [4.78, 5) is 2.18. The Labute approximate surface area is 153 Å². The number of halogens is 1. The molecular weight excluding hydrogens is 338 g/mol. The second kappa shape index (κ2) is 7.75. The third-order valence-corrected chi connectivity index (χ3v) is 5.23. The summed E-state index contributed by atoms with van der Waals surface area (Å²) in [6.07, 6.45) is 0.663. The van der Waals surface area contributed by atoms with Crippen molar-refractivity contribution in [3.63, 3.8) is 0 Å². The first-order valence-corrected chi connectivity index (χ1v) is 8.91. The van der Waals surface area contributed by atoms with Crippen LogP contribution in [0.2, 0.25) is 5.02 Å². The molecule has 1 unspecified atom stereocenters. The van der Waals surface area contributed by atoms with E-state index in [1.165, 1.54) is 0 Å². The van der Waals surface area contributed by atoms with E-state index in [1.54, 1.807) is 19.2 Å². The fraction of sp³-hybridized carbons (Fsp3) is 0.400. The highest BCUT2D eigenvalue weighted by Gasteiger charge is 2.36. The van der Waals surface area contributed by atoms with E-state index in [9.17, 15) is 10.2 Å². The quantitative estimate of drug-likeness (QED) is 0.857. The lowest BCUT2D eigenvalue weighted by Crippen LogP contribution is -2.44. The second-order valence-electron chi connectivity index (χ2n) is 6.60. The molecule has 0 saturated carbocycles. The third-order valence-electron chi connectivity index (χ3n) is 4.98. The molecule has 2 aromatic rings. The zero-order valence-corrected chi connectivity index (χ0v) is 15.1. The van der Waals surface area contributed by atoms with Gasteiger partial charge in [-0.25, -0.2) is 0 Å². The van der Waals surface area contributed by atoms with E-state index in [4.69, 9.17) is 16.3 Å².